The van der Waals surface area contributed by atoms with E-state index in [4.69, 9.17) is 10.8 Å². The SMILES string of the molecule is CC1CCC(c2ccccc2C(N)C(=O)O)CC1. The number of aliphatic carboxylic acids is 1. The fraction of sp³-hybridized carbons (Fsp3) is 0.533. The predicted molar refractivity (Wildman–Crippen MR) is 71.4 cm³/mol. The van der Waals surface area contributed by atoms with Crippen molar-refractivity contribution in [2.45, 2.75) is 44.6 Å². The van der Waals surface area contributed by atoms with Gasteiger partial charge in [0.2, 0.25) is 0 Å². The Bertz CT molecular complexity index is 422. The molecule has 0 saturated heterocycles. The van der Waals surface area contributed by atoms with Gasteiger partial charge in [0.15, 0.2) is 0 Å². The molecule has 1 saturated carbocycles. The molecule has 98 valence electrons. The second-order valence-electron chi connectivity index (χ2n) is 5.40. The van der Waals surface area contributed by atoms with Crippen LogP contribution >= 0.6 is 0 Å². The summed E-state index contributed by atoms with van der Waals surface area (Å²) in [6, 6.07) is 6.84. The number of hydrogen-bond acceptors (Lipinski definition) is 2. The van der Waals surface area contributed by atoms with Gasteiger partial charge in [-0.25, -0.2) is 0 Å². The van der Waals surface area contributed by atoms with Crippen LogP contribution in [0.5, 0.6) is 0 Å². The Balaban J connectivity index is 2.24. The van der Waals surface area contributed by atoms with Gasteiger partial charge in [0, 0.05) is 0 Å². The highest BCUT2D eigenvalue weighted by Gasteiger charge is 2.25. The van der Waals surface area contributed by atoms with Gasteiger partial charge in [-0.15, -0.1) is 0 Å². The molecule has 0 amide bonds. The number of carboxylic acids is 1. The van der Waals surface area contributed by atoms with Crippen LogP contribution in [0, 0.1) is 5.92 Å². The number of nitrogens with two attached hydrogens (primary N) is 1. The van der Waals surface area contributed by atoms with Crippen molar-refractivity contribution in [3.63, 3.8) is 0 Å². The lowest BCUT2D eigenvalue weighted by Gasteiger charge is -2.28. The fourth-order valence-corrected chi connectivity index (χ4v) is 2.87. The molecule has 0 heterocycles. The van der Waals surface area contributed by atoms with Gasteiger partial charge in [0.05, 0.1) is 0 Å². The van der Waals surface area contributed by atoms with E-state index in [1.54, 1.807) is 0 Å². The van der Waals surface area contributed by atoms with Crippen LogP contribution in [-0.2, 0) is 4.79 Å². The monoisotopic (exact) mass is 247 g/mol. The lowest BCUT2D eigenvalue weighted by atomic mass is 9.77. The van der Waals surface area contributed by atoms with E-state index in [-0.39, 0.29) is 0 Å². The van der Waals surface area contributed by atoms with Crippen LogP contribution in [0.25, 0.3) is 0 Å². The first-order valence-electron chi connectivity index (χ1n) is 6.66. The van der Waals surface area contributed by atoms with E-state index in [0.29, 0.717) is 5.92 Å². The van der Waals surface area contributed by atoms with E-state index in [9.17, 15) is 4.79 Å². The molecule has 0 aliphatic heterocycles. The first-order valence-corrected chi connectivity index (χ1v) is 6.66. The molecule has 18 heavy (non-hydrogen) atoms. The molecule has 1 aliphatic rings. The van der Waals surface area contributed by atoms with Gasteiger partial charge in [0.1, 0.15) is 6.04 Å². The molecule has 0 aromatic heterocycles. The van der Waals surface area contributed by atoms with Crippen molar-refractivity contribution >= 4 is 5.97 Å². The Hall–Kier alpha value is -1.35. The number of carbonyl (C=O) groups is 1. The summed E-state index contributed by atoms with van der Waals surface area (Å²) in [5.74, 6) is 0.316. The summed E-state index contributed by atoms with van der Waals surface area (Å²) in [5.41, 5.74) is 7.69. The molecule has 3 nitrogen and oxygen atoms in total. The van der Waals surface area contributed by atoms with Crippen LogP contribution in [0.4, 0.5) is 0 Å². The average molecular weight is 247 g/mol. The minimum Gasteiger partial charge on any atom is -0.480 e. The van der Waals surface area contributed by atoms with Crippen molar-refractivity contribution in [3.05, 3.63) is 35.4 Å². The van der Waals surface area contributed by atoms with E-state index in [1.165, 1.54) is 12.8 Å². The van der Waals surface area contributed by atoms with Crippen LogP contribution in [0.2, 0.25) is 0 Å². The smallest absolute Gasteiger partial charge is 0.325 e. The third kappa shape index (κ3) is 2.72. The van der Waals surface area contributed by atoms with E-state index in [0.717, 1.165) is 29.9 Å². The minimum atomic E-state index is -0.952. The van der Waals surface area contributed by atoms with Gasteiger partial charge in [-0.05, 0) is 35.8 Å². The Kier molecular flexibility index (Phi) is 4.02. The Morgan fingerprint density at radius 1 is 1.28 bits per heavy atom. The number of carboxylic acid groups (broad SMARTS) is 1. The minimum absolute atomic E-state index is 0.475. The zero-order chi connectivity index (χ0) is 13.1. The van der Waals surface area contributed by atoms with Crippen molar-refractivity contribution < 1.29 is 9.90 Å². The molecule has 0 bridgehead atoms. The van der Waals surface area contributed by atoms with E-state index >= 15 is 0 Å². The molecule has 1 atom stereocenters. The maximum atomic E-state index is 11.1. The summed E-state index contributed by atoms with van der Waals surface area (Å²) in [7, 11) is 0. The van der Waals surface area contributed by atoms with Crippen LogP contribution in [0.15, 0.2) is 24.3 Å². The van der Waals surface area contributed by atoms with Gasteiger partial charge in [-0.1, -0.05) is 44.0 Å². The molecule has 0 radical (unpaired) electrons. The summed E-state index contributed by atoms with van der Waals surface area (Å²) >= 11 is 0. The molecule has 3 N–H and O–H groups in total. The Morgan fingerprint density at radius 3 is 2.50 bits per heavy atom. The zero-order valence-corrected chi connectivity index (χ0v) is 10.8. The van der Waals surface area contributed by atoms with Crippen LogP contribution in [0.3, 0.4) is 0 Å². The van der Waals surface area contributed by atoms with E-state index in [2.05, 4.69) is 6.92 Å². The maximum Gasteiger partial charge on any atom is 0.325 e. The maximum absolute atomic E-state index is 11.1. The van der Waals surface area contributed by atoms with Crippen molar-refractivity contribution in [3.8, 4) is 0 Å². The highest BCUT2D eigenvalue weighted by Crippen LogP contribution is 2.37. The van der Waals surface area contributed by atoms with Gasteiger partial charge in [-0.2, -0.15) is 0 Å². The summed E-state index contributed by atoms with van der Waals surface area (Å²) in [6.07, 6.45) is 4.73. The van der Waals surface area contributed by atoms with Crippen molar-refractivity contribution in [1.82, 2.24) is 0 Å². The third-order valence-corrected chi connectivity index (χ3v) is 4.05. The molecule has 0 spiro atoms. The first kappa shape index (κ1) is 13.1. The Morgan fingerprint density at radius 2 is 1.89 bits per heavy atom. The van der Waals surface area contributed by atoms with Gasteiger partial charge in [-0.3, -0.25) is 4.79 Å². The third-order valence-electron chi connectivity index (χ3n) is 4.05. The molecule has 2 rings (SSSR count). The number of hydrogen-bond donors (Lipinski definition) is 2. The quantitative estimate of drug-likeness (QED) is 0.862. The number of benzene rings is 1. The topological polar surface area (TPSA) is 63.3 Å². The number of rotatable bonds is 3. The van der Waals surface area contributed by atoms with Crippen LogP contribution in [-0.4, -0.2) is 11.1 Å². The van der Waals surface area contributed by atoms with Crippen molar-refractivity contribution in [2.24, 2.45) is 11.7 Å². The zero-order valence-electron chi connectivity index (χ0n) is 10.8. The lowest BCUT2D eigenvalue weighted by Crippen LogP contribution is -2.23. The molecule has 1 aromatic carbocycles. The molecule has 3 heteroatoms. The second-order valence-corrected chi connectivity index (χ2v) is 5.40. The largest absolute Gasteiger partial charge is 0.480 e. The van der Waals surface area contributed by atoms with Crippen LogP contribution < -0.4 is 5.73 Å². The van der Waals surface area contributed by atoms with Crippen LogP contribution in [0.1, 0.15) is 55.7 Å². The van der Waals surface area contributed by atoms with Crippen molar-refractivity contribution in [1.29, 1.82) is 0 Å². The van der Waals surface area contributed by atoms with Gasteiger partial charge < -0.3 is 10.8 Å². The molecule has 1 fully saturated rings. The normalized spacial score (nSPS) is 25.7. The lowest BCUT2D eigenvalue weighted by molar-refractivity contribution is -0.138. The van der Waals surface area contributed by atoms with Gasteiger partial charge in [0.25, 0.3) is 0 Å². The Labute approximate surface area is 108 Å². The highest BCUT2D eigenvalue weighted by molar-refractivity contribution is 5.75. The second kappa shape index (κ2) is 5.53. The molecule has 1 aromatic rings. The fourth-order valence-electron chi connectivity index (χ4n) is 2.87. The average Bonchev–Trinajstić information content (AvgIpc) is 2.39. The first-order chi connectivity index (χ1) is 8.59. The summed E-state index contributed by atoms with van der Waals surface area (Å²) in [4.78, 5) is 11.1. The van der Waals surface area contributed by atoms with Gasteiger partial charge >= 0.3 is 5.97 Å². The highest BCUT2D eigenvalue weighted by atomic mass is 16.4. The van der Waals surface area contributed by atoms with Crippen molar-refractivity contribution in [2.75, 3.05) is 0 Å². The summed E-state index contributed by atoms with van der Waals surface area (Å²) in [5, 5.41) is 9.08. The summed E-state index contributed by atoms with van der Waals surface area (Å²) in [6.45, 7) is 2.28. The molecular formula is C15H21NO2. The predicted octanol–water partition coefficient (Wildman–Crippen LogP) is 3.06. The van der Waals surface area contributed by atoms with E-state index < -0.39 is 12.0 Å². The standard InChI is InChI=1S/C15H21NO2/c1-10-6-8-11(9-7-10)12-4-2-3-5-13(12)14(16)15(17)18/h2-5,10-11,14H,6-9,16H2,1H3,(H,17,18). The summed E-state index contributed by atoms with van der Waals surface area (Å²) < 4.78 is 0. The van der Waals surface area contributed by atoms with E-state index in [1.807, 2.05) is 24.3 Å². The molecule has 1 aliphatic carbocycles. The molecular weight excluding hydrogens is 226 g/mol. The molecule has 1 unspecified atom stereocenters.